The number of carbonyl (C=O) groups excluding carboxylic acids is 1. The quantitative estimate of drug-likeness (QED) is 0.689. The summed E-state index contributed by atoms with van der Waals surface area (Å²) in [4.78, 5) is 12.9. The molecule has 0 N–H and O–H groups in total. The molecule has 3 aliphatic carbocycles. The third-order valence-electron chi connectivity index (χ3n) is 7.02. The second kappa shape index (κ2) is 5.10. The van der Waals surface area contributed by atoms with Crippen LogP contribution in [0.5, 0.6) is 0 Å². The van der Waals surface area contributed by atoms with Crippen molar-refractivity contribution in [2.75, 3.05) is 0 Å². The van der Waals surface area contributed by atoms with Crippen LogP contribution in [0, 0.1) is 22.7 Å². The maximum absolute atomic E-state index is 15.1. The maximum Gasteiger partial charge on any atom is 0.151 e. The molecule has 0 aromatic carbocycles. The molecule has 20 heavy (non-hydrogen) atoms. The third-order valence-corrected chi connectivity index (χ3v) is 7.02. The molecule has 114 valence electrons. The van der Waals surface area contributed by atoms with Crippen molar-refractivity contribution in [2.45, 2.75) is 84.2 Å². The van der Waals surface area contributed by atoms with Gasteiger partial charge in [0, 0.05) is 0 Å². The van der Waals surface area contributed by atoms with Gasteiger partial charge >= 0.3 is 0 Å². The minimum atomic E-state index is -0.835. The summed E-state index contributed by atoms with van der Waals surface area (Å²) in [6.45, 7) is 4.43. The molecule has 0 amide bonds. The molecule has 1 nitrogen and oxygen atoms in total. The zero-order valence-electron chi connectivity index (χ0n) is 13.1. The summed E-state index contributed by atoms with van der Waals surface area (Å²) in [6, 6.07) is 0. The van der Waals surface area contributed by atoms with Crippen LogP contribution < -0.4 is 0 Å². The molecular weight excluding hydrogens is 251 g/mol. The number of hydrogen-bond donors (Lipinski definition) is 0. The standard InChI is InChI=1S/C18H29FO/c1-3-13-5-9-17(10-6-13)15(19)18(16(17)20)11-7-14(4-2)8-12-18/h13-15H,3-12H2,1-2H3. The van der Waals surface area contributed by atoms with Crippen molar-refractivity contribution in [3.8, 4) is 0 Å². The highest BCUT2D eigenvalue weighted by molar-refractivity contribution is 5.98. The summed E-state index contributed by atoms with van der Waals surface area (Å²) in [7, 11) is 0. The Hall–Kier alpha value is -0.400. The molecule has 0 unspecified atom stereocenters. The highest BCUT2D eigenvalue weighted by Crippen LogP contribution is 2.65. The number of halogens is 1. The predicted molar refractivity (Wildman–Crippen MR) is 79.3 cm³/mol. The van der Waals surface area contributed by atoms with Gasteiger partial charge in [-0.05, 0) is 63.2 Å². The first kappa shape index (κ1) is 14.5. The molecule has 0 bridgehead atoms. The minimum Gasteiger partial charge on any atom is -0.298 e. The average molecular weight is 280 g/mol. The van der Waals surface area contributed by atoms with Crippen molar-refractivity contribution in [2.24, 2.45) is 22.7 Å². The summed E-state index contributed by atoms with van der Waals surface area (Å²) >= 11 is 0. The van der Waals surface area contributed by atoms with E-state index in [1.54, 1.807) is 0 Å². The van der Waals surface area contributed by atoms with E-state index in [0.29, 0.717) is 5.78 Å². The van der Waals surface area contributed by atoms with E-state index in [2.05, 4.69) is 13.8 Å². The normalized spacial score (nSPS) is 48.5. The molecule has 0 saturated heterocycles. The summed E-state index contributed by atoms with van der Waals surface area (Å²) in [5, 5.41) is 0. The minimum absolute atomic E-state index is 0.321. The Labute approximate surface area is 122 Å². The molecule has 0 aliphatic heterocycles. The first-order valence-corrected chi connectivity index (χ1v) is 8.78. The number of rotatable bonds is 2. The van der Waals surface area contributed by atoms with Crippen molar-refractivity contribution in [3.63, 3.8) is 0 Å². The number of Topliss-reactive ketones (excluding diaryl/α,β-unsaturated/α-hetero) is 1. The fourth-order valence-corrected chi connectivity index (χ4v) is 5.34. The van der Waals surface area contributed by atoms with E-state index < -0.39 is 17.0 Å². The van der Waals surface area contributed by atoms with Gasteiger partial charge in [-0.1, -0.05) is 26.7 Å². The fraction of sp³-hybridized carbons (Fsp3) is 0.944. The van der Waals surface area contributed by atoms with Gasteiger partial charge in [-0.15, -0.1) is 0 Å². The summed E-state index contributed by atoms with van der Waals surface area (Å²) in [6.07, 6.45) is 9.09. The molecule has 3 fully saturated rings. The fourth-order valence-electron chi connectivity index (χ4n) is 5.34. The van der Waals surface area contributed by atoms with Crippen LogP contribution in [0.3, 0.4) is 0 Å². The van der Waals surface area contributed by atoms with Gasteiger partial charge in [-0.25, -0.2) is 4.39 Å². The Kier molecular flexibility index (Phi) is 3.71. The summed E-state index contributed by atoms with van der Waals surface area (Å²) in [5.74, 6) is 1.78. The van der Waals surface area contributed by atoms with Crippen molar-refractivity contribution in [1.82, 2.24) is 0 Å². The van der Waals surface area contributed by atoms with Gasteiger partial charge in [-0.2, -0.15) is 0 Å². The monoisotopic (exact) mass is 280 g/mol. The Morgan fingerprint density at radius 1 is 0.900 bits per heavy atom. The van der Waals surface area contributed by atoms with Crippen molar-refractivity contribution >= 4 is 5.78 Å². The molecule has 0 aromatic rings. The molecule has 2 spiro atoms. The van der Waals surface area contributed by atoms with Crippen LogP contribution in [-0.2, 0) is 4.79 Å². The van der Waals surface area contributed by atoms with Crippen LogP contribution in [0.2, 0.25) is 0 Å². The van der Waals surface area contributed by atoms with E-state index in [1.807, 2.05) is 0 Å². The Bertz CT molecular complexity index is 339. The van der Waals surface area contributed by atoms with E-state index in [9.17, 15) is 4.79 Å². The summed E-state index contributed by atoms with van der Waals surface area (Å²) < 4.78 is 15.1. The number of hydrogen-bond acceptors (Lipinski definition) is 1. The molecule has 3 rings (SSSR count). The van der Waals surface area contributed by atoms with E-state index in [1.165, 1.54) is 12.8 Å². The van der Waals surface area contributed by atoms with Crippen LogP contribution in [0.1, 0.15) is 78.1 Å². The van der Waals surface area contributed by atoms with E-state index in [0.717, 1.165) is 63.2 Å². The lowest BCUT2D eigenvalue weighted by molar-refractivity contribution is -0.193. The molecule has 3 saturated carbocycles. The number of ketones is 1. The zero-order chi connectivity index (χ0) is 14.4. The molecule has 0 atom stereocenters. The third kappa shape index (κ3) is 1.82. The van der Waals surface area contributed by atoms with Crippen molar-refractivity contribution in [3.05, 3.63) is 0 Å². The highest BCUT2D eigenvalue weighted by Gasteiger charge is 2.71. The average Bonchev–Trinajstić information content (AvgIpc) is 2.54. The second-order valence-electron chi connectivity index (χ2n) is 7.71. The topological polar surface area (TPSA) is 17.1 Å². The van der Waals surface area contributed by atoms with Gasteiger partial charge in [-0.3, -0.25) is 4.79 Å². The van der Waals surface area contributed by atoms with Gasteiger partial charge < -0.3 is 0 Å². The van der Waals surface area contributed by atoms with E-state index in [-0.39, 0.29) is 0 Å². The largest absolute Gasteiger partial charge is 0.298 e. The predicted octanol–water partition coefficient (Wildman–Crippen LogP) is 5.08. The van der Waals surface area contributed by atoms with Crippen LogP contribution in [0.25, 0.3) is 0 Å². The van der Waals surface area contributed by atoms with Crippen molar-refractivity contribution < 1.29 is 9.18 Å². The molecule has 0 heterocycles. The highest BCUT2D eigenvalue weighted by atomic mass is 19.1. The lowest BCUT2D eigenvalue weighted by Gasteiger charge is -2.61. The first-order valence-electron chi connectivity index (χ1n) is 8.78. The molecule has 0 radical (unpaired) electrons. The maximum atomic E-state index is 15.1. The van der Waals surface area contributed by atoms with Crippen molar-refractivity contribution in [1.29, 1.82) is 0 Å². The molecule has 0 aromatic heterocycles. The van der Waals surface area contributed by atoms with Gasteiger partial charge in [0.05, 0.1) is 10.8 Å². The van der Waals surface area contributed by atoms with Gasteiger partial charge in [0.15, 0.2) is 5.78 Å². The van der Waals surface area contributed by atoms with Crippen LogP contribution in [0.15, 0.2) is 0 Å². The van der Waals surface area contributed by atoms with E-state index in [4.69, 9.17) is 0 Å². The van der Waals surface area contributed by atoms with Gasteiger partial charge in [0.2, 0.25) is 0 Å². The first-order chi connectivity index (χ1) is 9.59. The van der Waals surface area contributed by atoms with Crippen LogP contribution >= 0.6 is 0 Å². The van der Waals surface area contributed by atoms with E-state index >= 15 is 4.39 Å². The molecule has 3 aliphatic rings. The Morgan fingerprint density at radius 3 is 1.50 bits per heavy atom. The van der Waals surface area contributed by atoms with Gasteiger partial charge in [0.25, 0.3) is 0 Å². The number of carbonyl (C=O) groups is 1. The molecular formula is C18H29FO. The smallest absolute Gasteiger partial charge is 0.151 e. The summed E-state index contributed by atoms with van der Waals surface area (Å²) in [5.41, 5.74) is -1.10. The zero-order valence-corrected chi connectivity index (χ0v) is 13.1. The second-order valence-corrected chi connectivity index (χ2v) is 7.71. The lowest BCUT2D eigenvalue weighted by Crippen LogP contribution is -2.69. The SMILES string of the molecule is CCC1CCC2(CC1)C(=O)C1(CCC(CC)CC1)C2F. The van der Waals surface area contributed by atoms with Crippen LogP contribution in [0.4, 0.5) is 4.39 Å². The Morgan fingerprint density at radius 2 is 1.25 bits per heavy atom. The Balaban J connectivity index is 1.69. The number of alkyl halides is 1. The molecule has 2 heteroatoms. The lowest BCUT2D eigenvalue weighted by atomic mass is 9.42. The van der Waals surface area contributed by atoms with Crippen LogP contribution in [-0.4, -0.2) is 12.0 Å². The van der Waals surface area contributed by atoms with Gasteiger partial charge in [0.1, 0.15) is 6.17 Å².